The molecule has 2 aromatic heterocycles. The van der Waals surface area contributed by atoms with Crippen LogP contribution in [0.15, 0.2) is 42.6 Å². The third-order valence-electron chi connectivity index (χ3n) is 7.08. The predicted molar refractivity (Wildman–Crippen MR) is 121 cm³/mol. The lowest BCUT2D eigenvalue weighted by Crippen LogP contribution is -2.37. The highest BCUT2D eigenvalue weighted by Crippen LogP contribution is 2.52. The molecule has 156 valence electrons. The number of rotatable bonds is 2. The van der Waals surface area contributed by atoms with E-state index >= 15 is 0 Å². The van der Waals surface area contributed by atoms with Crippen molar-refractivity contribution in [3.8, 4) is 11.4 Å². The minimum absolute atomic E-state index is 0.162. The van der Waals surface area contributed by atoms with E-state index in [9.17, 15) is 4.79 Å². The van der Waals surface area contributed by atoms with Crippen LogP contribution in [-0.2, 0) is 7.05 Å². The molecular formula is C26H31N3O. The smallest absolute Gasteiger partial charge is 0.254 e. The van der Waals surface area contributed by atoms with Crippen molar-refractivity contribution >= 4 is 16.8 Å². The maximum absolute atomic E-state index is 14.0. The lowest BCUT2D eigenvalue weighted by Gasteiger charge is -2.39. The Morgan fingerprint density at radius 3 is 2.67 bits per heavy atom. The molecule has 0 spiro atoms. The summed E-state index contributed by atoms with van der Waals surface area (Å²) in [6.45, 7) is 9.99. The number of fused-ring (bicyclic) bond motifs is 3. The van der Waals surface area contributed by atoms with Gasteiger partial charge in [0, 0.05) is 31.2 Å². The zero-order valence-corrected chi connectivity index (χ0v) is 18.7. The van der Waals surface area contributed by atoms with Crippen LogP contribution in [0.4, 0.5) is 0 Å². The molecule has 2 aliphatic rings. The van der Waals surface area contributed by atoms with Gasteiger partial charge >= 0.3 is 0 Å². The van der Waals surface area contributed by atoms with E-state index in [1.165, 1.54) is 6.42 Å². The third-order valence-corrected chi connectivity index (χ3v) is 7.08. The number of likely N-dealkylation sites (tertiary alicyclic amines) is 1. The summed E-state index contributed by atoms with van der Waals surface area (Å²) in [7, 11) is 2.02. The van der Waals surface area contributed by atoms with Gasteiger partial charge in [0.15, 0.2) is 0 Å². The van der Waals surface area contributed by atoms with E-state index in [1.54, 1.807) is 0 Å². The summed E-state index contributed by atoms with van der Waals surface area (Å²) in [4.78, 5) is 21.0. The molecule has 1 aliphatic heterocycles. The van der Waals surface area contributed by atoms with Gasteiger partial charge in [-0.15, -0.1) is 0 Å². The zero-order chi connectivity index (χ0) is 21.3. The molecule has 2 atom stereocenters. The van der Waals surface area contributed by atoms with E-state index < -0.39 is 0 Å². The first-order valence-electron chi connectivity index (χ1n) is 11.0. The van der Waals surface area contributed by atoms with Gasteiger partial charge in [-0.2, -0.15) is 0 Å². The molecule has 1 saturated heterocycles. The molecule has 1 saturated carbocycles. The average Bonchev–Trinajstić information content (AvgIpc) is 3.19. The normalized spacial score (nSPS) is 25.1. The van der Waals surface area contributed by atoms with Crippen molar-refractivity contribution in [1.29, 1.82) is 0 Å². The van der Waals surface area contributed by atoms with Crippen molar-refractivity contribution < 1.29 is 4.79 Å². The van der Waals surface area contributed by atoms with Crippen LogP contribution >= 0.6 is 0 Å². The Hall–Kier alpha value is -2.62. The largest absolute Gasteiger partial charge is 0.349 e. The summed E-state index contributed by atoms with van der Waals surface area (Å²) < 4.78 is 2.06. The first kappa shape index (κ1) is 19.3. The highest BCUT2D eigenvalue weighted by atomic mass is 16.2. The van der Waals surface area contributed by atoms with E-state index in [2.05, 4.69) is 55.4 Å². The number of pyridine rings is 1. The number of aromatic nitrogens is 2. The Balaban J connectivity index is 1.64. The first-order valence-corrected chi connectivity index (χ1v) is 11.0. The zero-order valence-electron chi connectivity index (χ0n) is 18.7. The first-order chi connectivity index (χ1) is 14.1. The van der Waals surface area contributed by atoms with E-state index in [-0.39, 0.29) is 16.7 Å². The quantitative estimate of drug-likeness (QED) is 0.561. The molecule has 1 amide bonds. The van der Waals surface area contributed by atoms with Gasteiger partial charge in [0.2, 0.25) is 0 Å². The van der Waals surface area contributed by atoms with E-state index in [0.29, 0.717) is 6.04 Å². The van der Waals surface area contributed by atoms with Crippen molar-refractivity contribution in [2.24, 2.45) is 17.9 Å². The van der Waals surface area contributed by atoms with Crippen molar-refractivity contribution in [2.45, 2.75) is 53.0 Å². The van der Waals surface area contributed by atoms with Crippen molar-refractivity contribution in [2.75, 3.05) is 6.54 Å². The lowest BCUT2D eigenvalue weighted by atomic mass is 9.65. The van der Waals surface area contributed by atoms with Crippen LogP contribution in [0.25, 0.3) is 22.3 Å². The fourth-order valence-electron chi connectivity index (χ4n) is 6.23. The number of amides is 1. The minimum Gasteiger partial charge on any atom is -0.349 e. The summed E-state index contributed by atoms with van der Waals surface area (Å²) in [5.41, 5.74) is 5.22. The number of carbonyl (C=O) groups excluding carboxylic acids is 1. The second-order valence-electron chi connectivity index (χ2n) is 10.7. The number of aryl methyl sites for hydroxylation is 2. The van der Waals surface area contributed by atoms with Gasteiger partial charge < -0.3 is 9.47 Å². The van der Waals surface area contributed by atoms with Crippen LogP contribution in [-0.4, -0.2) is 32.9 Å². The lowest BCUT2D eigenvalue weighted by molar-refractivity contribution is 0.0710. The van der Waals surface area contributed by atoms with Gasteiger partial charge in [0.25, 0.3) is 5.91 Å². The molecule has 3 heterocycles. The molecular weight excluding hydrogens is 370 g/mol. The monoisotopic (exact) mass is 401 g/mol. The number of benzene rings is 1. The maximum atomic E-state index is 14.0. The summed E-state index contributed by atoms with van der Waals surface area (Å²) in [6, 6.07) is 12.6. The van der Waals surface area contributed by atoms with E-state index in [4.69, 9.17) is 4.98 Å². The summed E-state index contributed by atoms with van der Waals surface area (Å²) in [6.07, 6.45) is 5.41. The minimum atomic E-state index is 0.162. The van der Waals surface area contributed by atoms with Crippen LogP contribution in [0.2, 0.25) is 0 Å². The van der Waals surface area contributed by atoms with Gasteiger partial charge in [-0.25, -0.2) is 4.98 Å². The predicted octanol–water partition coefficient (Wildman–Crippen LogP) is 5.59. The number of nitrogens with zero attached hydrogens (tertiary/aromatic N) is 3. The third kappa shape index (κ3) is 3.13. The maximum Gasteiger partial charge on any atom is 0.254 e. The molecule has 3 aromatic rings. The number of carbonyl (C=O) groups is 1. The van der Waals surface area contributed by atoms with Gasteiger partial charge in [0.1, 0.15) is 0 Å². The summed E-state index contributed by atoms with van der Waals surface area (Å²) >= 11 is 0. The van der Waals surface area contributed by atoms with Gasteiger partial charge in [-0.05, 0) is 67.3 Å². The van der Waals surface area contributed by atoms with Crippen LogP contribution in [0, 0.1) is 17.8 Å². The molecule has 5 rings (SSSR count). The molecule has 30 heavy (non-hydrogen) atoms. The van der Waals surface area contributed by atoms with Crippen LogP contribution in [0.5, 0.6) is 0 Å². The topological polar surface area (TPSA) is 38.1 Å². The van der Waals surface area contributed by atoms with Crippen LogP contribution in [0.3, 0.4) is 0 Å². The van der Waals surface area contributed by atoms with Gasteiger partial charge in [0.05, 0.1) is 22.5 Å². The Morgan fingerprint density at radius 2 is 1.93 bits per heavy atom. The van der Waals surface area contributed by atoms with Crippen LogP contribution in [0.1, 0.15) is 56.0 Å². The van der Waals surface area contributed by atoms with Crippen LogP contribution < -0.4 is 0 Å². The fraction of sp³-hybridized carbons (Fsp3) is 0.462. The molecule has 0 radical (unpaired) electrons. The molecule has 2 bridgehead atoms. The fourth-order valence-corrected chi connectivity index (χ4v) is 6.23. The second-order valence-corrected chi connectivity index (χ2v) is 10.7. The molecule has 1 aromatic carbocycles. The van der Waals surface area contributed by atoms with Gasteiger partial charge in [-0.1, -0.05) is 32.4 Å². The van der Waals surface area contributed by atoms with Crippen molar-refractivity contribution in [1.82, 2.24) is 14.5 Å². The Labute approximate surface area is 178 Å². The van der Waals surface area contributed by atoms with Crippen molar-refractivity contribution in [3.63, 3.8) is 0 Å². The highest BCUT2D eigenvalue weighted by Gasteiger charge is 2.51. The summed E-state index contributed by atoms with van der Waals surface area (Å²) in [5, 5.41) is 0.962. The van der Waals surface area contributed by atoms with Gasteiger partial charge in [-0.3, -0.25) is 4.79 Å². The molecule has 4 nitrogen and oxygen atoms in total. The number of hydrogen-bond donors (Lipinski definition) is 0. The Morgan fingerprint density at radius 1 is 1.13 bits per heavy atom. The molecule has 1 aliphatic carbocycles. The van der Waals surface area contributed by atoms with E-state index in [0.717, 1.165) is 52.8 Å². The SMILES string of the molecule is Cc1ccc2nc(-c3cccn3C)cc(C(=O)N3CC4(C)CC3CC(C)(C)C4)c2c1. The van der Waals surface area contributed by atoms with Crippen molar-refractivity contribution in [3.05, 3.63) is 53.7 Å². The van der Waals surface area contributed by atoms with E-state index in [1.807, 2.05) is 31.4 Å². The summed E-state index contributed by atoms with van der Waals surface area (Å²) in [5.74, 6) is 0.162. The number of hydrogen-bond acceptors (Lipinski definition) is 2. The average molecular weight is 402 g/mol. The molecule has 0 N–H and O–H groups in total. The molecule has 2 fully saturated rings. The highest BCUT2D eigenvalue weighted by molar-refractivity contribution is 6.07. The molecule has 4 heteroatoms. The Kier molecular flexibility index (Phi) is 4.15. The molecule has 2 unspecified atom stereocenters. The standard InChI is InChI=1S/C26H31N3O/c1-17-8-9-21-19(11-17)20(12-22(27-21)23-7-6-10-28(23)5)24(30)29-16-26(4)14-18(29)13-25(2,3)15-26/h6-12,18H,13-16H2,1-5H3. The second kappa shape index (κ2) is 6.44. The Bertz CT molecular complexity index is 1160.